The zero-order chi connectivity index (χ0) is 17.8. The Morgan fingerprint density at radius 3 is 2.68 bits per heavy atom. The van der Waals surface area contributed by atoms with Crippen LogP contribution in [0.3, 0.4) is 0 Å². The van der Waals surface area contributed by atoms with E-state index in [4.69, 9.17) is 9.47 Å². The van der Waals surface area contributed by atoms with E-state index in [1.165, 1.54) is 0 Å². The highest BCUT2D eigenvalue weighted by atomic mass is 16.5. The molecule has 1 N–H and O–H groups in total. The molecule has 2 heterocycles. The van der Waals surface area contributed by atoms with Crippen molar-refractivity contribution in [2.24, 2.45) is 7.05 Å². The van der Waals surface area contributed by atoms with E-state index in [0.29, 0.717) is 6.61 Å². The molecule has 0 spiro atoms. The fourth-order valence-corrected chi connectivity index (χ4v) is 2.56. The van der Waals surface area contributed by atoms with Crippen molar-refractivity contribution in [3.05, 3.63) is 36.3 Å². The number of hydrogen-bond donors (Lipinski definition) is 1. The molecule has 0 saturated heterocycles. The number of methoxy groups -OCH3 is 1. The van der Waals surface area contributed by atoms with Crippen molar-refractivity contribution in [2.75, 3.05) is 19.0 Å². The number of aromatic nitrogens is 4. The van der Waals surface area contributed by atoms with E-state index >= 15 is 0 Å². The molecule has 7 nitrogen and oxygen atoms in total. The van der Waals surface area contributed by atoms with E-state index in [9.17, 15) is 0 Å². The Balaban J connectivity index is 1.74. The standard InChI is InChI=1S/C18H23N5O2/c1-5-16-21-17(13-10-19-23(3)18(13)22-16)20-12(2)11-25-15-9-7-6-8-14(15)24-4/h6-10,12H,5,11H2,1-4H3,(H,20,21,22)/t12-/m0/s1. The van der Waals surface area contributed by atoms with E-state index in [0.717, 1.165) is 40.6 Å². The third kappa shape index (κ3) is 3.65. The molecule has 0 bridgehead atoms. The number of rotatable bonds is 7. The predicted molar refractivity (Wildman–Crippen MR) is 97.3 cm³/mol. The average Bonchev–Trinajstić information content (AvgIpc) is 3.01. The number of para-hydroxylation sites is 2. The average molecular weight is 341 g/mol. The minimum absolute atomic E-state index is 0.0490. The molecule has 0 aliphatic rings. The van der Waals surface area contributed by atoms with Crippen LogP contribution in [-0.4, -0.2) is 39.5 Å². The van der Waals surface area contributed by atoms with Gasteiger partial charge < -0.3 is 14.8 Å². The number of anilines is 1. The van der Waals surface area contributed by atoms with Crippen molar-refractivity contribution < 1.29 is 9.47 Å². The maximum absolute atomic E-state index is 5.88. The summed E-state index contributed by atoms with van der Waals surface area (Å²) in [6.07, 6.45) is 2.55. The molecule has 0 amide bonds. The van der Waals surface area contributed by atoms with Crippen LogP contribution < -0.4 is 14.8 Å². The summed E-state index contributed by atoms with van der Waals surface area (Å²) in [5.74, 6) is 3.02. The second-order valence-corrected chi connectivity index (χ2v) is 5.85. The van der Waals surface area contributed by atoms with Crippen LogP contribution in [0.5, 0.6) is 11.5 Å². The third-order valence-corrected chi connectivity index (χ3v) is 3.90. The Morgan fingerprint density at radius 2 is 1.96 bits per heavy atom. The fourth-order valence-electron chi connectivity index (χ4n) is 2.56. The number of hydrogen-bond acceptors (Lipinski definition) is 6. The largest absolute Gasteiger partial charge is 0.493 e. The highest BCUT2D eigenvalue weighted by Crippen LogP contribution is 2.26. The van der Waals surface area contributed by atoms with E-state index < -0.39 is 0 Å². The van der Waals surface area contributed by atoms with Crippen LogP contribution in [0, 0.1) is 0 Å². The lowest BCUT2D eigenvalue weighted by molar-refractivity contribution is 0.284. The summed E-state index contributed by atoms with van der Waals surface area (Å²) in [7, 11) is 3.52. The molecule has 3 rings (SSSR count). The van der Waals surface area contributed by atoms with Crippen LogP contribution in [0.15, 0.2) is 30.5 Å². The van der Waals surface area contributed by atoms with Gasteiger partial charge in [0.1, 0.15) is 18.2 Å². The van der Waals surface area contributed by atoms with Crippen LogP contribution >= 0.6 is 0 Å². The van der Waals surface area contributed by atoms with Crippen LogP contribution in [0.1, 0.15) is 19.7 Å². The van der Waals surface area contributed by atoms with Gasteiger partial charge in [-0.2, -0.15) is 5.10 Å². The molecule has 0 aliphatic carbocycles. The maximum Gasteiger partial charge on any atom is 0.163 e. The lowest BCUT2D eigenvalue weighted by atomic mass is 10.3. The Bertz CT molecular complexity index is 862. The van der Waals surface area contributed by atoms with Crippen molar-refractivity contribution in [3.8, 4) is 11.5 Å². The lowest BCUT2D eigenvalue weighted by Gasteiger charge is -2.17. The normalized spacial score (nSPS) is 12.2. The Labute approximate surface area is 147 Å². The molecule has 0 saturated carbocycles. The summed E-state index contributed by atoms with van der Waals surface area (Å²) in [6, 6.07) is 7.66. The smallest absolute Gasteiger partial charge is 0.163 e. The van der Waals surface area contributed by atoms with Crippen molar-refractivity contribution in [2.45, 2.75) is 26.3 Å². The van der Waals surface area contributed by atoms with Crippen molar-refractivity contribution in [1.82, 2.24) is 19.7 Å². The zero-order valence-corrected chi connectivity index (χ0v) is 15.0. The molecule has 1 aromatic carbocycles. The molecule has 7 heteroatoms. The molecular weight excluding hydrogens is 318 g/mol. The van der Waals surface area contributed by atoms with Gasteiger partial charge in [-0.1, -0.05) is 19.1 Å². The molecule has 132 valence electrons. The Kier molecular flexibility index (Phi) is 5.02. The molecule has 25 heavy (non-hydrogen) atoms. The van der Waals surface area contributed by atoms with E-state index in [2.05, 4.69) is 20.4 Å². The summed E-state index contributed by atoms with van der Waals surface area (Å²) in [5, 5.41) is 8.60. The first-order valence-electron chi connectivity index (χ1n) is 8.33. The highest BCUT2D eigenvalue weighted by Gasteiger charge is 2.14. The zero-order valence-electron chi connectivity index (χ0n) is 15.0. The van der Waals surface area contributed by atoms with Crippen LogP contribution in [0.2, 0.25) is 0 Å². The summed E-state index contributed by atoms with van der Waals surface area (Å²) in [5.41, 5.74) is 0.826. The minimum atomic E-state index is 0.0490. The molecule has 0 unspecified atom stereocenters. The molecule has 0 radical (unpaired) electrons. The summed E-state index contributed by atoms with van der Waals surface area (Å²) in [4.78, 5) is 9.14. The van der Waals surface area contributed by atoms with E-state index in [-0.39, 0.29) is 6.04 Å². The van der Waals surface area contributed by atoms with Crippen LogP contribution in [0.4, 0.5) is 5.82 Å². The molecule has 0 aliphatic heterocycles. The number of nitrogens with zero attached hydrogens (tertiary/aromatic N) is 4. The molecular formula is C18H23N5O2. The van der Waals surface area contributed by atoms with Gasteiger partial charge >= 0.3 is 0 Å². The quantitative estimate of drug-likeness (QED) is 0.712. The lowest BCUT2D eigenvalue weighted by Crippen LogP contribution is -2.24. The van der Waals surface area contributed by atoms with Gasteiger partial charge in [0.2, 0.25) is 0 Å². The van der Waals surface area contributed by atoms with Crippen molar-refractivity contribution in [3.63, 3.8) is 0 Å². The van der Waals surface area contributed by atoms with Crippen LogP contribution in [-0.2, 0) is 13.5 Å². The summed E-state index contributed by atoms with van der Waals surface area (Å²) in [6.45, 7) is 4.56. The van der Waals surface area contributed by atoms with E-state index in [1.807, 2.05) is 45.2 Å². The van der Waals surface area contributed by atoms with Gasteiger partial charge in [0.25, 0.3) is 0 Å². The van der Waals surface area contributed by atoms with Gasteiger partial charge in [0.05, 0.1) is 24.7 Å². The fraction of sp³-hybridized carbons (Fsp3) is 0.389. The van der Waals surface area contributed by atoms with Crippen molar-refractivity contribution >= 4 is 16.9 Å². The number of ether oxygens (including phenoxy) is 2. The number of benzene rings is 1. The van der Waals surface area contributed by atoms with Gasteiger partial charge in [-0.15, -0.1) is 0 Å². The first kappa shape index (κ1) is 17.0. The predicted octanol–water partition coefficient (Wildman–Crippen LogP) is 2.81. The second kappa shape index (κ2) is 7.38. The van der Waals surface area contributed by atoms with Gasteiger partial charge in [-0.25, -0.2) is 9.97 Å². The highest BCUT2D eigenvalue weighted by molar-refractivity contribution is 5.86. The van der Waals surface area contributed by atoms with Crippen LogP contribution in [0.25, 0.3) is 11.0 Å². The SMILES string of the molecule is CCc1nc(N[C@@H](C)COc2ccccc2OC)c2cnn(C)c2n1. The Morgan fingerprint density at radius 1 is 1.20 bits per heavy atom. The van der Waals surface area contributed by atoms with E-state index in [1.54, 1.807) is 18.0 Å². The Hall–Kier alpha value is -2.83. The third-order valence-electron chi connectivity index (χ3n) is 3.90. The van der Waals surface area contributed by atoms with Gasteiger partial charge in [0.15, 0.2) is 17.1 Å². The molecule has 3 aromatic rings. The topological polar surface area (TPSA) is 74.1 Å². The molecule has 1 atom stereocenters. The number of nitrogens with one attached hydrogen (secondary N) is 1. The van der Waals surface area contributed by atoms with Gasteiger partial charge in [0, 0.05) is 13.5 Å². The van der Waals surface area contributed by atoms with Gasteiger partial charge in [-0.3, -0.25) is 4.68 Å². The molecule has 2 aromatic heterocycles. The second-order valence-electron chi connectivity index (χ2n) is 5.85. The first-order valence-corrected chi connectivity index (χ1v) is 8.33. The summed E-state index contributed by atoms with van der Waals surface area (Å²) < 4.78 is 13.0. The maximum atomic E-state index is 5.88. The van der Waals surface area contributed by atoms with Crippen molar-refractivity contribution in [1.29, 1.82) is 0 Å². The van der Waals surface area contributed by atoms with Gasteiger partial charge in [-0.05, 0) is 19.1 Å². The monoisotopic (exact) mass is 341 g/mol. The summed E-state index contributed by atoms with van der Waals surface area (Å²) >= 11 is 0. The first-order chi connectivity index (χ1) is 12.1. The minimum Gasteiger partial charge on any atom is -0.493 e. The number of aryl methyl sites for hydroxylation is 2. The molecule has 0 fully saturated rings. The number of fused-ring (bicyclic) bond motifs is 1.